The highest BCUT2D eigenvalue weighted by Gasteiger charge is 2.60. The fourth-order valence-corrected chi connectivity index (χ4v) is 2.69. The van der Waals surface area contributed by atoms with Crippen molar-refractivity contribution in [2.24, 2.45) is 16.7 Å². The third-order valence-electron chi connectivity index (χ3n) is 3.78. The molecule has 0 amide bonds. The Morgan fingerprint density at radius 3 is 2.53 bits per heavy atom. The second kappa shape index (κ2) is 3.84. The maximum atomic E-state index is 12.0. The second-order valence-electron chi connectivity index (χ2n) is 4.96. The van der Waals surface area contributed by atoms with Gasteiger partial charge in [-0.1, -0.05) is 20.8 Å². The summed E-state index contributed by atoms with van der Waals surface area (Å²) in [6.07, 6.45) is 1.82. The Hall–Kier alpha value is -1.04. The van der Waals surface area contributed by atoms with Gasteiger partial charge >= 0.3 is 5.97 Å². The minimum Gasteiger partial charge on any atom is -0.465 e. The van der Waals surface area contributed by atoms with E-state index in [1.165, 1.54) is 0 Å². The fraction of sp³-hybridized carbons (Fsp3) is 0.833. The average molecular weight is 209 g/mol. The minimum absolute atomic E-state index is 0.0801. The molecule has 0 aromatic heterocycles. The largest absolute Gasteiger partial charge is 0.465 e. The number of nitrogens with zero attached hydrogens (tertiary/aromatic N) is 1. The Morgan fingerprint density at radius 2 is 2.20 bits per heavy atom. The van der Waals surface area contributed by atoms with Crippen molar-refractivity contribution in [3.05, 3.63) is 0 Å². The predicted molar refractivity (Wildman–Crippen MR) is 56.9 cm³/mol. The lowest BCUT2D eigenvalue weighted by atomic mass is 9.65. The SMILES string of the molecule is CCOC(=O)C1(C#N)C(C)CCC1(C)C. The van der Waals surface area contributed by atoms with Gasteiger partial charge in [0.15, 0.2) is 5.41 Å². The van der Waals surface area contributed by atoms with Crippen LogP contribution in [0.4, 0.5) is 0 Å². The molecule has 0 heterocycles. The summed E-state index contributed by atoms with van der Waals surface area (Å²) in [6.45, 7) is 8.04. The monoisotopic (exact) mass is 209 g/mol. The Morgan fingerprint density at radius 1 is 1.60 bits per heavy atom. The van der Waals surface area contributed by atoms with Crippen LogP contribution in [0.1, 0.15) is 40.5 Å². The van der Waals surface area contributed by atoms with Crippen LogP contribution < -0.4 is 0 Å². The molecule has 1 aliphatic rings. The molecule has 0 radical (unpaired) electrons. The molecule has 0 aliphatic heterocycles. The van der Waals surface area contributed by atoms with E-state index >= 15 is 0 Å². The van der Waals surface area contributed by atoms with Crippen LogP contribution in [-0.2, 0) is 9.53 Å². The summed E-state index contributed by atoms with van der Waals surface area (Å²) < 4.78 is 5.06. The molecular weight excluding hydrogens is 190 g/mol. The number of esters is 1. The normalized spacial score (nSPS) is 33.4. The van der Waals surface area contributed by atoms with Crippen molar-refractivity contribution in [3.63, 3.8) is 0 Å². The van der Waals surface area contributed by atoms with Gasteiger partial charge in [0.2, 0.25) is 0 Å². The number of rotatable bonds is 2. The highest BCUT2D eigenvalue weighted by molar-refractivity contribution is 5.82. The quantitative estimate of drug-likeness (QED) is 0.656. The van der Waals surface area contributed by atoms with Crippen LogP contribution >= 0.6 is 0 Å². The Kier molecular flexibility index (Phi) is 3.08. The fourth-order valence-electron chi connectivity index (χ4n) is 2.69. The van der Waals surface area contributed by atoms with Crippen molar-refractivity contribution >= 4 is 5.97 Å². The van der Waals surface area contributed by atoms with Crippen LogP contribution in [0, 0.1) is 28.1 Å². The van der Waals surface area contributed by atoms with E-state index in [1.54, 1.807) is 6.92 Å². The summed E-state index contributed by atoms with van der Waals surface area (Å²) >= 11 is 0. The summed E-state index contributed by atoms with van der Waals surface area (Å²) in [5.74, 6) is -0.265. The molecule has 2 atom stereocenters. The number of nitriles is 1. The van der Waals surface area contributed by atoms with Crippen LogP contribution in [0.25, 0.3) is 0 Å². The van der Waals surface area contributed by atoms with E-state index < -0.39 is 5.41 Å². The van der Waals surface area contributed by atoms with Crippen molar-refractivity contribution in [2.75, 3.05) is 6.61 Å². The van der Waals surface area contributed by atoms with Gasteiger partial charge in [0.1, 0.15) is 0 Å². The minimum atomic E-state index is -0.955. The first-order valence-corrected chi connectivity index (χ1v) is 5.51. The molecule has 2 unspecified atom stereocenters. The van der Waals surface area contributed by atoms with E-state index in [9.17, 15) is 10.1 Å². The topological polar surface area (TPSA) is 50.1 Å². The van der Waals surface area contributed by atoms with Gasteiger partial charge in [-0.25, -0.2) is 0 Å². The molecule has 1 aliphatic carbocycles. The van der Waals surface area contributed by atoms with E-state index in [1.807, 2.05) is 20.8 Å². The molecule has 3 nitrogen and oxygen atoms in total. The molecule has 0 aromatic carbocycles. The zero-order valence-corrected chi connectivity index (χ0v) is 9.96. The number of hydrogen-bond donors (Lipinski definition) is 0. The van der Waals surface area contributed by atoms with E-state index in [0.29, 0.717) is 6.61 Å². The molecular formula is C12H19NO2. The third kappa shape index (κ3) is 1.52. The first-order chi connectivity index (χ1) is 6.92. The Labute approximate surface area is 91.4 Å². The molecule has 1 saturated carbocycles. The van der Waals surface area contributed by atoms with Gasteiger partial charge in [-0.05, 0) is 31.1 Å². The highest BCUT2D eigenvalue weighted by atomic mass is 16.5. The zero-order chi connectivity index (χ0) is 11.7. The lowest BCUT2D eigenvalue weighted by Crippen LogP contribution is -2.44. The molecule has 1 fully saturated rings. The molecule has 3 heteroatoms. The molecule has 0 aromatic rings. The maximum Gasteiger partial charge on any atom is 0.327 e. The van der Waals surface area contributed by atoms with Gasteiger partial charge in [-0.15, -0.1) is 0 Å². The van der Waals surface area contributed by atoms with Crippen LogP contribution in [0.15, 0.2) is 0 Å². The standard InChI is InChI=1S/C12H19NO2/c1-5-15-10(14)12(8-13)9(2)6-7-11(12,3)4/h9H,5-7H2,1-4H3. The van der Waals surface area contributed by atoms with Crippen molar-refractivity contribution in [2.45, 2.75) is 40.5 Å². The summed E-state index contributed by atoms with van der Waals surface area (Å²) in [6, 6.07) is 2.23. The lowest BCUT2D eigenvalue weighted by molar-refractivity contribution is -0.158. The van der Waals surface area contributed by atoms with Crippen molar-refractivity contribution < 1.29 is 9.53 Å². The van der Waals surface area contributed by atoms with Gasteiger partial charge in [0, 0.05) is 0 Å². The lowest BCUT2D eigenvalue weighted by Gasteiger charge is -2.35. The first-order valence-electron chi connectivity index (χ1n) is 5.51. The molecule has 0 N–H and O–H groups in total. The van der Waals surface area contributed by atoms with Gasteiger partial charge in [0.25, 0.3) is 0 Å². The molecule has 1 rings (SSSR count). The molecule has 0 spiro atoms. The summed E-state index contributed by atoms with van der Waals surface area (Å²) in [5, 5.41) is 9.37. The number of ether oxygens (including phenoxy) is 1. The zero-order valence-electron chi connectivity index (χ0n) is 9.96. The van der Waals surface area contributed by atoms with Crippen molar-refractivity contribution in [1.29, 1.82) is 5.26 Å². The number of carbonyl (C=O) groups excluding carboxylic acids is 1. The van der Waals surface area contributed by atoms with Gasteiger partial charge in [-0.2, -0.15) is 5.26 Å². The highest BCUT2D eigenvalue weighted by Crippen LogP contribution is 2.56. The van der Waals surface area contributed by atoms with Crippen LogP contribution in [-0.4, -0.2) is 12.6 Å². The van der Waals surface area contributed by atoms with E-state index in [0.717, 1.165) is 12.8 Å². The molecule has 0 bridgehead atoms. The molecule has 15 heavy (non-hydrogen) atoms. The van der Waals surface area contributed by atoms with Gasteiger partial charge in [-0.3, -0.25) is 4.79 Å². The molecule has 84 valence electrons. The van der Waals surface area contributed by atoms with E-state index in [2.05, 4.69) is 6.07 Å². The van der Waals surface area contributed by atoms with E-state index in [4.69, 9.17) is 4.74 Å². The summed E-state index contributed by atoms with van der Waals surface area (Å²) in [7, 11) is 0. The van der Waals surface area contributed by atoms with Gasteiger partial charge in [0.05, 0.1) is 12.7 Å². The van der Waals surface area contributed by atoms with Crippen LogP contribution in [0.5, 0.6) is 0 Å². The van der Waals surface area contributed by atoms with Crippen molar-refractivity contribution in [3.8, 4) is 6.07 Å². The summed E-state index contributed by atoms with van der Waals surface area (Å²) in [5.41, 5.74) is -1.24. The maximum absolute atomic E-state index is 12.0. The van der Waals surface area contributed by atoms with Gasteiger partial charge < -0.3 is 4.74 Å². The van der Waals surface area contributed by atoms with E-state index in [-0.39, 0.29) is 17.3 Å². The summed E-state index contributed by atoms with van der Waals surface area (Å²) in [4.78, 5) is 12.0. The Bertz CT molecular complexity index is 303. The van der Waals surface area contributed by atoms with Crippen LogP contribution in [0.3, 0.4) is 0 Å². The predicted octanol–water partition coefficient (Wildman–Crippen LogP) is 2.52. The molecule has 0 saturated heterocycles. The Balaban J connectivity index is 3.12. The first kappa shape index (κ1) is 12.0. The third-order valence-corrected chi connectivity index (χ3v) is 3.78. The number of carbonyl (C=O) groups is 1. The van der Waals surface area contributed by atoms with Crippen LogP contribution in [0.2, 0.25) is 0 Å². The van der Waals surface area contributed by atoms with Crippen molar-refractivity contribution in [1.82, 2.24) is 0 Å². The average Bonchev–Trinajstić information content (AvgIpc) is 2.39. The number of hydrogen-bond acceptors (Lipinski definition) is 3. The smallest absolute Gasteiger partial charge is 0.327 e. The second-order valence-corrected chi connectivity index (χ2v) is 4.96.